The average molecular weight is 378 g/mol. The number of hydrogen-bond acceptors (Lipinski definition) is 5. The molecule has 1 aromatic heterocycles. The number of aromatic amines is 1. The maximum Gasteiger partial charge on any atom is 0.514 e. The Labute approximate surface area is 162 Å². The molecular weight excluding hydrogens is 356 g/mol. The lowest BCUT2D eigenvalue weighted by Gasteiger charge is -2.21. The molecule has 0 spiro atoms. The molecule has 1 aromatic carbocycles. The number of fused-ring (bicyclic) bond motifs is 2. The maximum absolute atomic E-state index is 12.4. The Bertz CT molecular complexity index is 1040. The van der Waals surface area contributed by atoms with Crippen molar-refractivity contribution in [1.82, 2.24) is 10.3 Å². The van der Waals surface area contributed by atoms with Crippen LogP contribution < -0.4 is 5.32 Å². The second kappa shape index (κ2) is 6.71. The van der Waals surface area contributed by atoms with Crippen LogP contribution in [-0.4, -0.2) is 29.1 Å². The van der Waals surface area contributed by atoms with E-state index < -0.39 is 11.8 Å². The summed E-state index contributed by atoms with van der Waals surface area (Å²) in [5, 5.41) is 4.20. The molecule has 0 amide bonds. The highest BCUT2D eigenvalue weighted by molar-refractivity contribution is 6.02. The Balaban J connectivity index is 1.81. The van der Waals surface area contributed by atoms with Gasteiger partial charge in [0.15, 0.2) is 6.29 Å². The molecule has 2 aromatic rings. The second-order valence-corrected chi connectivity index (χ2v) is 7.85. The first kappa shape index (κ1) is 18.1. The van der Waals surface area contributed by atoms with Crippen molar-refractivity contribution in [3.63, 3.8) is 0 Å². The van der Waals surface area contributed by atoms with Gasteiger partial charge in [-0.3, -0.25) is 4.79 Å². The molecule has 6 nitrogen and oxygen atoms in total. The van der Waals surface area contributed by atoms with Crippen LogP contribution >= 0.6 is 0 Å². The van der Waals surface area contributed by atoms with Gasteiger partial charge in [-0.25, -0.2) is 4.79 Å². The number of para-hydroxylation sites is 1. The topological polar surface area (TPSA) is 80.4 Å². The Morgan fingerprint density at radius 1 is 1.14 bits per heavy atom. The summed E-state index contributed by atoms with van der Waals surface area (Å²) < 4.78 is 11.0. The predicted molar refractivity (Wildman–Crippen MR) is 107 cm³/mol. The van der Waals surface area contributed by atoms with Crippen molar-refractivity contribution in [2.45, 2.75) is 32.4 Å². The number of aromatic nitrogens is 1. The number of benzene rings is 1. The zero-order chi connectivity index (χ0) is 19.9. The number of carbonyl (C=O) groups excluding carboxylic acids is 2. The van der Waals surface area contributed by atoms with Gasteiger partial charge >= 0.3 is 6.16 Å². The first-order valence-corrected chi connectivity index (χ1v) is 9.20. The van der Waals surface area contributed by atoms with Gasteiger partial charge in [0.1, 0.15) is 11.4 Å². The third-order valence-electron chi connectivity index (χ3n) is 4.69. The monoisotopic (exact) mass is 378 g/mol. The van der Waals surface area contributed by atoms with E-state index in [4.69, 9.17) is 9.47 Å². The predicted octanol–water partition coefficient (Wildman–Crippen LogP) is 4.31. The number of allylic oxidation sites excluding steroid dienone is 2. The van der Waals surface area contributed by atoms with Crippen molar-refractivity contribution in [2.75, 3.05) is 0 Å². The van der Waals surface area contributed by atoms with Crippen molar-refractivity contribution >= 4 is 29.0 Å². The fraction of sp³-hybridized carbons (Fsp3) is 0.273. The Hall–Kier alpha value is -3.28. The van der Waals surface area contributed by atoms with Crippen molar-refractivity contribution in [3.05, 3.63) is 65.6 Å². The SMILES string of the molecule is CC(C)(C)OC(=O)OC1=C(c2[nH]c3ccccc3c2C=O)NC2C=CC=CC12. The molecule has 2 N–H and O–H groups in total. The van der Waals surface area contributed by atoms with Crippen molar-refractivity contribution in [2.24, 2.45) is 5.92 Å². The van der Waals surface area contributed by atoms with Gasteiger partial charge in [0.05, 0.1) is 23.4 Å². The lowest BCUT2D eigenvalue weighted by molar-refractivity contribution is 0.00434. The van der Waals surface area contributed by atoms with E-state index >= 15 is 0 Å². The van der Waals surface area contributed by atoms with Crippen LogP contribution in [0.4, 0.5) is 4.79 Å². The minimum atomic E-state index is -0.769. The van der Waals surface area contributed by atoms with Gasteiger partial charge in [0, 0.05) is 16.5 Å². The molecule has 2 aliphatic rings. The van der Waals surface area contributed by atoms with E-state index in [2.05, 4.69) is 10.3 Å². The van der Waals surface area contributed by atoms with Crippen LogP contribution in [0.3, 0.4) is 0 Å². The van der Waals surface area contributed by atoms with Gasteiger partial charge < -0.3 is 19.8 Å². The zero-order valence-electron chi connectivity index (χ0n) is 16.0. The third kappa shape index (κ3) is 3.22. The quantitative estimate of drug-likeness (QED) is 0.614. The van der Waals surface area contributed by atoms with Crippen LogP contribution in [0.15, 0.2) is 54.3 Å². The standard InChI is InChI=1S/C22H22N2O4/c1-22(2,3)28-21(26)27-20-14-9-5-7-11-17(14)24-19(20)18-15(12-25)13-8-4-6-10-16(13)23-18/h4-12,14,17,23-24H,1-3H3. The maximum atomic E-state index is 12.4. The van der Waals surface area contributed by atoms with E-state index in [1.54, 1.807) is 20.8 Å². The van der Waals surface area contributed by atoms with Crippen LogP contribution in [0.5, 0.6) is 0 Å². The first-order valence-electron chi connectivity index (χ1n) is 9.20. The molecular formula is C22H22N2O4. The van der Waals surface area contributed by atoms with Gasteiger partial charge in [-0.05, 0) is 26.8 Å². The Morgan fingerprint density at radius 3 is 2.64 bits per heavy atom. The van der Waals surface area contributed by atoms with E-state index in [0.717, 1.165) is 17.2 Å². The van der Waals surface area contributed by atoms with Gasteiger partial charge in [0.25, 0.3) is 0 Å². The largest absolute Gasteiger partial charge is 0.514 e. The molecule has 1 aliphatic heterocycles. The van der Waals surface area contributed by atoms with E-state index in [-0.39, 0.29) is 12.0 Å². The van der Waals surface area contributed by atoms with Crippen LogP contribution in [-0.2, 0) is 9.47 Å². The van der Waals surface area contributed by atoms with Crippen molar-refractivity contribution in [3.8, 4) is 0 Å². The molecule has 144 valence electrons. The van der Waals surface area contributed by atoms with Crippen LogP contribution in [0.25, 0.3) is 16.6 Å². The van der Waals surface area contributed by atoms with Gasteiger partial charge in [-0.15, -0.1) is 0 Å². The molecule has 2 atom stereocenters. The number of rotatable bonds is 3. The van der Waals surface area contributed by atoms with E-state index in [1.807, 2.05) is 48.6 Å². The molecule has 4 rings (SSSR count). The average Bonchev–Trinajstić information content (AvgIpc) is 3.18. The summed E-state index contributed by atoms with van der Waals surface area (Å²) >= 11 is 0. The molecule has 2 unspecified atom stereocenters. The summed E-state index contributed by atoms with van der Waals surface area (Å²) in [6.45, 7) is 5.35. The molecule has 0 fully saturated rings. The zero-order valence-corrected chi connectivity index (χ0v) is 16.0. The molecule has 2 heterocycles. The second-order valence-electron chi connectivity index (χ2n) is 7.85. The summed E-state index contributed by atoms with van der Waals surface area (Å²) in [6, 6.07) is 7.51. The lowest BCUT2D eigenvalue weighted by atomic mass is 9.96. The van der Waals surface area contributed by atoms with Crippen LogP contribution in [0, 0.1) is 5.92 Å². The summed E-state index contributed by atoms with van der Waals surface area (Å²) in [6.07, 6.45) is 7.87. The van der Waals surface area contributed by atoms with E-state index in [1.165, 1.54) is 0 Å². The number of hydrogen-bond donors (Lipinski definition) is 2. The summed E-state index contributed by atoms with van der Waals surface area (Å²) in [7, 11) is 0. The summed E-state index contributed by atoms with van der Waals surface area (Å²) in [5.41, 5.74) is 1.89. The number of aldehydes is 1. The number of nitrogens with one attached hydrogen (secondary N) is 2. The third-order valence-corrected chi connectivity index (χ3v) is 4.69. The van der Waals surface area contributed by atoms with E-state index in [9.17, 15) is 9.59 Å². The highest BCUT2D eigenvalue weighted by atomic mass is 16.7. The number of H-pyrrole nitrogens is 1. The fourth-order valence-electron chi connectivity index (χ4n) is 3.56. The number of carbonyl (C=O) groups is 2. The minimum Gasteiger partial charge on any atom is -0.428 e. The lowest BCUT2D eigenvalue weighted by Crippen LogP contribution is -2.28. The van der Waals surface area contributed by atoms with Crippen LogP contribution in [0.2, 0.25) is 0 Å². The normalized spacial score (nSPS) is 20.8. The minimum absolute atomic E-state index is 0.0663. The van der Waals surface area contributed by atoms with Gasteiger partial charge in [-0.1, -0.05) is 42.5 Å². The molecule has 28 heavy (non-hydrogen) atoms. The highest BCUT2D eigenvalue weighted by Crippen LogP contribution is 2.38. The van der Waals surface area contributed by atoms with Crippen molar-refractivity contribution in [1.29, 1.82) is 0 Å². The van der Waals surface area contributed by atoms with Gasteiger partial charge in [-0.2, -0.15) is 0 Å². The highest BCUT2D eigenvalue weighted by Gasteiger charge is 2.38. The molecule has 0 saturated carbocycles. The van der Waals surface area contributed by atoms with Crippen molar-refractivity contribution < 1.29 is 19.1 Å². The molecule has 6 heteroatoms. The molecule has 0 bridgehead atoms. The van der Waals surface area contributed by atoms with Gasteiger partial charge in [0.2, 0.25) is 0 Å². The smallest absolute Gasteiger partial charge is 0.428 e. The fourth-order valence-corrected chi connectivity index (χ4v) is 3.56. The molecule has 0 radical (unpaired) electrons. The molecule has 1 aliphatic carbocycles. The summed E-state index contributed by atoms with van der Waals surface area (Å²) in [5.74, 6) is 0.271. The number of ether oxygens (including phenoxy) is 2. The molecule has 0 saturated heterocycles. The Morgan fingerprint density at radius 2 is 1.89 bits per heavy atom. The summed E-state index contributed by atoms with van der Waals surface area (Å²) in [4.78, 5) is 27.5. The first-order chi connectivity index (χ1) is 13.4. The van der Waals surface area contributed by atoms with E-state index in [0.29, 0.717) is 22.7 Å². The van der Waals surface area contributed by atoms with Crippen LogP contribution in [0.1, 0.15) is 36.8 Å². The Kier molecular flexibility index (Phi) is 4.34.